The SMILES string of the molecule is CCC(CC)(CC)[C@@H](O)c1ccc(Cl)cc1. The fourth-order valence-corrected chi connectivity index (χ4v) is 2.45. The maximum atomic E-state index is 10.5. The van der Waals surface area contributed by atoms with Gasteiger partial charge in [0.15, 0.2) is 0 Å². The van der Waals surface area contributed by atoms with Crippen LogP contribution in [0.3, 0.4) is 0 Å². The predicted octanol–water partition coefficient (Wildman–Crippen LogP) is 4.59. The molecule has 0 heterocycles. The van der Waals surface area contributed by atoms with E-state index in [1.165, 1.54) is 0 Å². The van der Waals surface area contributed by atoms with E-state index in [0.29, 0.717) is 5.02 Å². The molecule has 1 aromatic carbocycles. The van der Waals surface area contributed by atoms with Crippen LogP contribution < -0.4 is 0 Å². The van der Waals surface area contributed by atoms with Crippen LogP contribution in [-0.2, 0) is 0 Å². The summed E-state index contributed by atoms with van der Waals surface area (Å²) >= 11 is 5.85. The fraction of sp³-hybridized carbons (Fsp3) is 0.571. The number of aliphatic hydroxyl groups excluding tert-OH is 1. The summed E-state index contributed by atoms with van der Waals surface area (Å²) in [7, 11) is 0. The molecule has 1 rings (SSSR count). The van der Waals surface area contributed by atoms with Crippen molar-refractivity contribution in [3.05, 3.63) is 34.9 Å². The lowest BCUT2D eigenvalue weighted by molar-refractivity contribution is 0.0124. The molecule has 0 aromatic heterocycles. The number of benzene rings is 1. The lowest BCUT2D eigenvalue weighted by atomic mass is 9.72. The van der Waals surface area contributed by atoms with Crippen molar-refractivity contribution >= 4 is 11.6 Å². The van der Waals surface area contributed by atoms with E-state index < -0.39 is 6.10 Å². The van der Waals surface area contributed by atoms with Gasteiger partial charge in [0.2, 0.25) is 0 Å². The highest BCUT2D eigenvalue weighted by Crippen LogP contribution is 2.43. The zero-order chi connectivity index (χ0) is 12.2. The van der Waals surface area contributed by atoms with E-state index in [1.807, 2.05) is 24.3 Å². The minimum atomic E-state index is -0.398. The van der Waals surface area contributed by atoms with Crippen LogP contribution in [0.1, 0.15) is 51.7 Å². The molecule has 90 valence electrons. The Morgan fingerprint density at radius 1 is 1.06 bits per heavy atom. The molecule has 0 saturated carbocycles. The van der Waals surface area contributed by atoms with Crippen LogP contribution >= 0.6 is 11.6 Å². The van der Waals surface area contributed by atoms with Gasteiger partial charge in [0.1, 0.15) is 0 Å². The summed E-state index contributed by atoms with van der Waals surface area (Å²) in [6, 6.07) is 7.52. The van der Waals surface area contributed by atoms with Crippen molar-refractivity contribution in [2.24, 2.45) is 5.41 Å². The predicted molar refractivity (Wildman–Crippen MR) is 69.7 cm³/mol. The monoisotopic (exact) mass is 240 g/mol. The van der Waals surface area contributed by atoms with Gasteiger partial charge in [-0.25, -0.2) is 0 Å². The van der Waals surface area contributed by atoms with Crippen LogP contribution in [0.15, 0.2) is 24.3 Å². The minimum absolute atomic E-state index is 0.00612. The van der Waals surface area contributed by atoms with Gasteiger partial charge in [0, 0.05) is 5.02 Å². The second kappa shape index (κ2) is 5.70. The smallest absolute Gasteiger partial charge is 0.0845 e. The van der Waals surface area contributed by atoms with Gasteiger partial charge in [-0.1, -0.05) is 44.5 Å². The maximum absolute atomic E-state index is 10.5. The highest BCUT2D eigenvalue weighted by Gasteiger charge is 2.33. The van der Waals surface area contributed by atoms with Gasteiger partial charge in [-0.05, 0) is 42.4 Å². The van der Waals surface area contributed by atoms with Gasteiger partial charge < -0.3 is 5.11 Å². The third kappa shape index (κ3) is 2.58. The number of hydrogen-bond acceptors (Lipinski definition) is 1. The van der Waals surface area contributed by atoms with E-state index in [9.17, 15) is 5.11 Å². The van der Waals surface area contributed by atoms with Crippen LogP contribution in [-0.4, -0.2) is 5.11 Å². The summed E-state index contributed by atoms with van der Waals surface area (Å²) in [4.78, 5) is 0. The first kappa shape index (κ1) is 13.5. The maximum Gasteiger partial charge on any atom is 0.0845 e. The highest BCUT2D eigenvalue weighted by atomic mass is 35.5. The Bertz CT molecular complexity index is 306. The zero-order valence-electron chi connectivity index (χ0n) is 10.3. The Morgan fingerprint density at radius 2 is 1.50 bits per heavy atom. The van der Waals surface area contributed by atoms with Crippen molar-refractivity contribution in [1.29, 1.82) is 0 Å². The minimum Gasteiger partial charge on any atom is -0.388 e. The third-order valence-electron chi connectivity index (χ3n) is 3.88. The number of hydrogen-bond donors (Lipinski definition) is 1. The van der Waals surface area contributed by atoms with Crippen molar-refractivity contribution in [3.63, 3.8) is 0 Å². The molecule has 1 atom stereocenters. The zero-order valence-corrected chi connectivity index (χ0v) is 11.1. The lowest BCUT2D eigenvalue weighted by Gasteiger charge is -2.36. The Balaban J connectivity index is 2.98. The number of rotatable bonds is 5. The van der Waals surface area contributed by atoms with Crippen molar-refractivity contribution < 1.29 is 5.11 Å². The largest absolute Gasteiger partial charge is 0.388 e. The second-order valence-corrected chi connectivity index (χ2v) is 4.81. The molecule has 0 radical (unpaired) electrons. The summed E-state index contributed by atoms with van der Waals surface area (Å²) in [5.41, 5.74) is 0.961. The Labute approximate surface area is 103 Å². The van der Waals surface area contributed by atoms with E-state index in [0.717, 1.165) is 24.8 Å². The molecule has 2 heteroatoms. The van der Waals surface area contributed by atoms with Gasteiger partial charge in [0.25, 0.3) is 0 Å². The molecular formula is C14H21ClO. The first-order valence-corrected chi connectivity index (χ1v) is 6.41. The van der Waals surface area contributed by atoms with Gasteiger partial charge in [-0.15, -0.1) is 0 Å². The molecule has 1 nitrogen and oxygen atoms in total. The average Bonchev–Trinajstić information content (AvgIpc) is 2.33. The molecule has 16 heavy (non-hydrogen) atoms. The molecule has 0 aliphatic rings. The van der Waals surface area contributed by atoms with E-state index in [1.54, 1.807) is 0 Å². The van der Waals surface area contributed by atoms with Crippen LogP contribution in [0.25, 0.3) is 0 Å². The Kier molecular flexibility index (Phi) is 4.82. The van der Waals surface area contributed by atoms with E-state index in [-0.39, 0.29) is 5.41 Å². The Hall–Kier alpha value is -0.530. The van der Waals surface area contributed by atoms with E-state index in [4.69, 9.17) is 11.6 Å². The highest BCUT2D eigenvalue weighted by molar-refractivity contribution is 6.30. The summed E-state index contributed by atoms with van der Waals surface area (Å²) in [6.45, 7) is 6.43. The van der Waals surface area contributed by atoms with Gasteiger partial charge in [-0.3, -0.25) is 0 Å². The molecule has 0 bridgehead atoms. The van der Waals surface area contributed by atoms with E-state index in [2.05, 4.69) is 20.8 Å². The molecule has 0 aliphatic carbocycles. The van der Waals surface area contributed by atoms with Crippen LogP contribution in [0.4, 0.5) is 0 Å². The summed E-state index contributed by atoms with van der Waals surface area (Å²) < 4.78 is 0. The molecule has 0 saturated heterocycles. The molecule has 0 aliphatic heterocycles. The van der Waals surface area contributed by atoms with Gasteiger partial charge >= 0.3 is 0 Å². The molecule has 1 aromatic rings. The topological polar surface area (TPSA) is 20.2 Å². The molecule has 0 unspecified atom stereocenters. The van der Waals surface area contributed by atoms with Crippen LogP contribution in [0.5, 0.6) is 0 Å². The standard InChI is InChI=1S/C14H21ClO/c1-4-14(5-2,6-3)13(16)11-7-9-12(15)10-8-11/h7-10,13,16H,4-6H2,1-3H3/t13-/m0/s1. The summed E-state index contributed by atoms with van der Waals surface area (Å²) in [6.07, 6.45) is 2.57. The first-order chi connectivity index (χ1) is 7.59. The second-order valence-electron chi connectivity index (χ2n) is 4.38. The fourth-order valence-electron chi connectivity index (χ4n) is 2.33. The molecule has 0 fully saturated rings. The normalized spacial score (nSPS) is 13.8. The number of halogens is 1. The van der Waals surface area contributed by atoms with Crippen LogP contribution in [0.2, 0.25) is 5.02 Å². The number of aliphatic hydroxyl groups is 1. The summed E-state index contributed by atoms with van der Waals surface area (Å²) in [5.74, 6) is 0. The average molecular weight is 241 g/mol. The molecule has 0 spiro atoms. The van der Waals surface area contributed by atoms with Gasteiger partial charge in [-0.2, -0.15) is 0 Å². The van der Waals surface area contributed by atoms with Gasteiger partial charge in [0.05, 0.1) is 6.10 Å². The Morgan fingerprint density at radius 3 is 1.88 bits per heavy atom. The van der Waals surface area contributed by atoms with Crippen molar-refractivity contribution in [2.45, 2.75) is 46.1 Å². The molecule has 0 amide bonds. The molecule has 1 N–H and O–H groups in total. The third-order valence-corrected chi connectivity index (χ3v) is 4.13. The molecular weight excluding hydrogens is 220 g/mol. The summed E-state index contributed by atoms with van der Waals surface area (Å²) in [5, 5.41) is 11.2. The quantitative estimate of drug-likeness (QED) is 0.798. The lowest BCUT2D eigenvalue weighted by Crippen LogP contribution is -2.27. The first-order valence-electron chi connectivity index (χ1n) is 6.03. The van der Waals surface area contributed by atoms with Crippen molar-refractivity contribution in [2.75, 3.05) is 0 Å². The van der Waals surface area contributed by atoms with Crippen molar-refractivity contribution in [3.8, 4) is 0 Å². The van der Waals surface area contributed by atoms with E-state index >= 15 is 0 Å². The van der Waals surface area contributed by atoms with Crippen LogP contribution in [0, 0.1) is 5.41 Å². The van der Waals surface area contributed by atoms with Crippen molar-refractivity contribution in [1.82, 2.24) is 0 Å².